The molecule has 0 rings (SSSR count). The summed E-state index contributed by atoms with van der Waals surface area (Å²) in [5, 5.41) is 0. The third-order valence-electron chi connectivity index (χ3n) is 0.289. The molecule has 0 heterocycles. The van der Waals surface area contributed by atoms with Gasteiger partial charge in [-0.2, -0.15) is 0 Å². The van der Waals surface area contributed by atoms with Crippen molar-refractivity contribution >= 4 is 6.79 Å². The van der Waals surface area contributed by atoms with E-state index in [4.69, 9.17) is 4.79 Å². The molecule has 0 spiro atoms. The molecule has 0 saturated carbocycles. The van der Waals surface area contributed by atoms with Crippen molar-refractivity contribution in [2.24, 2.45) is 0 Å². The van der Waals surface area contributed by atoms with Crippen molar-refractivity contribution in [2.45, 2.75) is 13.3 Å². The Bertz CT molecular complexity index is 31.4. The first-order valence-electron chi connectivity index (χ1n) is 2.31. The predicted octanol–water partition coefficient (Wildman–Crippen LogP) is 2.20. The fourth-order valence-electron chi connectivity index (χ4n) is 0. The van der Waals surface area contributed by atoms with Crippen LogP contribution in [0.4, 0.5) is 0 Å². The second-order valence-corrected chi connectivity index (χ2v) is 0.697. The van der Waals surface area contributed by atoms with Crippen LogP contribution in [0.5, 0.6) is 0 Å². The lowest BCUT2D eigenvalue weighted by Gasteiger charge is -1.57. The van der Waals surface area contributed by atoms with Gasteiger partial charge in [0.25, 0.3) is 0 Å². The monoisotopic (exact) mass is 114 g/mol. The normalized spacial score (nSPS) is 4.12. The highest BCUT2D eigenvalue weighted by Gasteiger charge is 1.45. The van der Waals surface area contributed by atoms with Crippen molar-refractivity contribution in [3.05, 3.63) is 25.8 Å². The van der Waals surface area contributed by atoms with Crippen LogP contribution < -0.4 is 0 Å². The Hall–Kier alpha value is -0.850. The van der Waals surface area contributed by atoms with E-state index in [1.54, 1.807) is 0 Å². The Balaban J connectivity index is -0.0000000542. The maximum atomic E-state index is 8.00. The maximum absolute atomic E-state index is 8.00. The molecule has 0 aliphatic rings. The van der Waals surface area contributed by atoms with Crippen LogP contribution in [0.2, 0.25) is 0 Å². The highest BCUT2D eigenvalue weighted by molar-refractivity contribution is 5.10. The minimum Gasteiger partial charge on any atom is -0.307 e. The summed E-state index contributed by atoms with van der Waals surface area (Å²) in [5.74, 6) is 0. The Kier molecular flexibility index (Phi) is 242. The van der Waals surface area contributed by atoms with Crippen molar-refractivity contribution in [2.75, 3.05) is 0 Å². The summed E-state index contributed by atoms with van der Waals surface area (Å²) in [5.41, 5.74) is 0. The number of hydrogen-bond acceptors (Lipinski definition) is 1. The summed E-state index contributed by atoms with van der Waals surface area (Å²) in [6, 6.07) is 0. The molecule has 0 unspecified atom stereocenters. The Morgan fingerprint density at radius 1 is 1.38 bits per heavy atom. The predicted molar refractivity (Wildman–Crippen MR) is 38.9 cm³/mol. The number of carbonyl (C=O) groups excluding carboxylic acids is 1. The first-order valence-corrected chi connectivity index (χ1v) is 2.31. The Morgan fingerprint density at radius 3 is 1.50 bits per heavy atom. The summed E-state index contributed by atoms with van der Waals surface area (Å²) in [6.07, 6.45) is 2.96. The summed E-state index contributed by atoms with van der Waals surface area (Å²) in [7, 11) is 0. The zero-order valence-electron chi connectivity index (χ0n) is 5.52. The molecule has 0 aromatic rings. The molecule has 48 valence electrons. The van der Waals surface area contributed by atoms with Gasteiger partial charge in [0, 0.05) is 0 Å². The standard InChI is InChI=1S/C4H8.C2H4.CH2O/c1-3-4-2;2*1-2/h3H,1,4H2,2H3;1-2H2;1H2. The Labute approximate surface area is 51.7 Å². The second-order valence-electron chi connectivity index (χ2n) is 0.697. The maximum Gasteiger partial charge on any atom is 0.106 e. The first-order chi connectivity index (χ1) is 3.91. The van der Waals surface area contributed by atoms with E-state index in [0.29, 0.717) is 0 Å². The molecule has 0 aliphatic carbocycles. The molecular weight excluding hydrogens is 100 g/mol. The van der Waals surface area contributed by atoms with Crippen LogP contribution in [0.15, 0.2) is 25.8 Å². The molecule has 0 bridgehead atoms. The molecule has 0 fully saturated rings. The zero-order chi connectivity index (χ0) is 7.41. The van der Waals surface area contributed by atoms with Crippen molar-refractivity contribution in [3.63, 3.8) is 0 Å². The molecule has 0 amide bonds. The number of allylic oxidation sites excluding steroid dienone is 1. The number of hydrogen-bond donors (Lipinski definition) is 0. The molecule has 0 N–H and O–H groups in total. The summed E-state index contributed by atoms with van der Waals surface area (Å²) >= 11 is 0. The van der Waals surface area contributed by atoms with Crippen molar-refractivity contribution in [1.29, 1.82) is 0 Å². The molecule has 0 saturated heterocycles. The van der Waals surface area contributed by atoms with Crippen LogP contribution in [0, 0.1) is 0 Å². The van der Waals surface area contributed by atoms with Crippen LogP contribution in [-0.4, -0.2) is 6.79 Å². The minimum absolute atomic E-state index is 1.08. The lowest BCUT2D eigenvalue weighted by molar-refractivity contribution is -0.0979. The van der Waals surface area contributed by atoms with Crippen molar-refractivity contribution in [3.8, 4) is 0 Å². The van der Waals surface area contributed by atoms with E-state index in [2.05, 4.69) is 26.7 Å². The fraction of sp³-hybridized carbons (Fsp3) is 0.286. The van der Waals surface area contributed by atoms with Gasteiger partial charge in [0.15, 0.2) is 0 Å². The number of carbonyl (C=O) groups is 1. The lowest BCUT2D eigenvalue weighted by atomic mass is 10.5. The zero-order valence-corrected chi connectivity index (χ0v) is 5.52. The third kappa shape index (κ3) is 3940. The molecule has 0 aliphatic heterocycles. The van der Waals surface area contributed by atoms with Gasteiger partial charge in [-0.05, 0) is 6.42 Å². The van der Waals surface area contributed by atoms with E-state index in [1.165, 1.54) is 0 Å². The van der Waals surface area contributed by atoms with E-state index in [-0.39, 0.29) is 0 Å². The van der Waals surface area contributed by atoms with Crippen molar-refractivity contribution in [1.82, 2.24) is 0 Å². The molecule has 1 heteroatoms. The van der Waals surface area contributed by atoms with Crippen LogP contribution in [0.1, 0.15) is 13.3 Å². The first kappa shape index (κ1) is 15.7. The minimum atomic E-state index is 1.08. The van der Waals surface area contributed by atoms with Gasteiger partial charge in [-0.25, -0.2) is 0 Å². The largest absolute Gasteiger partial charge is 0.307 e. The highest BCUT2D eigenvalue weighted by atomic mass is 16.1. The molecule has 8 heavy (non-hydrogen) atoms. The van der Waals surface area contributed by atoms with Gasteiger partial charge in [0.2, 0.25) is 0 Å². The van der Waals surface area contributed by atoms with E-state index >= 15 is 0 Å². The van der Waals surface area contributed by atoms with Gasteiger partial charge in [0.1, 0.15) is 6.79 Å². The SMILES string of the molecule is C=C.C=CCC.C=O. The van der Waals surface area contributed by atoms with Crippen LogP contribution in [0.3, 0.4) is 0 Å². The number of rotatable bonds is 1. The van der Waals surface area contributed by atoms with Gasteiger partial charge in [-0.3, -0.25) is 0 Å². The van der Waals surface area contributed by atoms with Crippen LogP contribution in [-0.2, 0) is 4.79 Å². The molecule has 0 aromatic carbocycles. The second kappa shape index (κ2) is 123. The Morgan fingerprint density at radius 2 is 1.50 bits per heavy atom. The molecule has 0 aromatic heterocycles. The van der Waals surface area contributed by atoms with E-state index in [0.717, 1.165) is 6.42 Å². The smallest absolute Gasteiger partial charge is 0.106 e. The lowest BCUT2D eigenvalue weighted by Crippen LogP contribution is -1.36. The van der Waals surface area contributed by atoms with Gasteiger partial charge in [0.05, 0.1) is 0 Å². The topological polar surface area (TPSA) is 17.1 Å². The molecule has 0 atom stereocenters. The van der Waals surface area contributed by atoms with Gasteiger partial charge >= 0.3 is 0 Å². The summed E-state index contributed by atoms with van der Waals surface area (Å²) < 4.78 is 0. The molecular formula is C7H14O. The van der Waals surface area contributed by atoms with Gasteiger partial charge < -0.3 is 4.79 Å². The van der Waals surface area contributed by atoms with Gasteiger partial charge in [-0.15, -0.1) is 19.7 Å². The third-order valence-corrected chi connectivity index (χ3v) is 0.289. The average molecular weight is 114 g/mol. The summed E-state index contributed by atoms with van der Waals surface area (Å²) in [6.45, 7) is 13.5. The van der Waals surface area contributed by atoms with E-state index < -0.39 is 0 Å². The van der Waals surface area contributed by atoms with Crippen LogP contribution >= 0.6 is 0 Å². The molecule has 0 radical (unpaired) electrons. The average Bonchev–Trinajstić information content (AvgIpc) is 1.96. The molecule has 1 nitrogen and oxygen atoms in total. The quantitative estimate of drug-likeness (QED) is 0.477. The van der Waals surface area contributed by atoms with Crippen LogP contribution in [0.25, 0.3) is 0 Å². The van der Waals surface area contributed by atoms with E-state index in [9.17, 15) is 0 Å². The summed E-state index contributed by atoms with van der Waals surface area (Å²) in [4.78, 5) is 8.00. The van der Waals surface area contributed by atoms with E-state index in [1.807, 2.05) is 12.9 Å². The fourth-order valence-corrected chi connectivity index (χ4v) is 0. The highest BCUT2D eigenvalue weighted by Crippen LogP contribution is 1.66. The van der Waals surface area contributed by atoms with Crippen molar-refractivity contribution < 1.29 is 4.79 Å². The van der Waals surface area contributed by atoms with Gasteiger partial charge in [-0.1, -0.05) is 13.0 Å².